The number of rotatable bonds is 5. The minimum Gasteiger partial charge on any atom is -0.0772 e. The summed E-state index contributed by atoms with van der Waals surface area (Å²) in [6.45, 7) is 4.63. The molecular weight excluding hydrogens is 236 g/mol. The first-order chi connectivity index (χ1) is 6.66. The second kappa shape index (κ2) is 5.75. The van der Waals surface area contributed by atoms with E-state index in [1.165, 1.54) is 43.0 Å². The second-order valence-corrected chi connectivity index (χ2v) is 5.51. The van der Waals surface area contributed by atoms with Gasteiger partial charge in [-0.2, -0.15) is 0 Å². The Bertz CT molecular complexity index is 227. The highest BCUT2D eigenvalue weighted by atomic mass is 79.9. The summed E-state index contributed by atoms with van der Waals surface area (Å²) in [5.74, 6) is 0. The van der Waals surface area contributed by atoms with Gasteiger partial charge in [0, 0.05) is 4.48 Å². The van der Waals surface area contributed by atoms with Crippen molar-refractivity contribution in [2.75, 3.05) is 0 Å². The molecule has 0 aromatic carbocycles. The molecule has 0 fully saturated rings. The molecule has 0 saturated carbocycles. The summed E-state index contributed by atoms with van der Waals surface area (Å²) in [6.07, 6.45) is 14.9. The summed E-state index contributed by atoms with van der Waals surface area (Å²) < 4.78 is 1.24. The van der Waals surface area contributed by atoms with E-state index in [9.17, 15) is 0 Å². The molecule has 1 rings (SSSR count). The van der Waals surface area contributed by atoms with Crippen molar-refractivity contribution >= 4 is 15.9 Å². The molecule has 0 spiro atoms. The van der Waals surface area contributed by atoms with Gasteiger partial charge in [-0.1, -0.05) is 73.7 Å². The molecule has 1 aliphatic rings. The molecule has 0 amide bonds. The topological polar surface area (TPSA) is 0 Å². The van der Waals surface area contributed by atoms with Crippen molar-refractivity contribution < 1.29 is 0 Å². The average molecular weight is 257 g/mol. The summed E-state index contributed by atoms with van der Waals surface area (Å²) in [7, 11) is 0. The monoisotopic (exact) mass is 256 g/mol. The fourth-order valence-corrected chi connectivity index (χ4v) is 2.18. The van der Waals surface area contributed by atoms with E-state index in [0.717, 1.165) is 0 Å². The van der Waals surface area contributed by atoms with Crippen LogP contribution in [0.25, 0.3) is 0 Å². The Morgan fingerprint density at radius 3 is 2.71 bits per heavy atom. The molecule has 1 heteroatoms. The molecule has 80 valence electrons. The maximum Gasteiger partial charge on any atom is 0.0132 e. The van der Waals surface area contributed by atoms with E-state index in [-0.39, 0.29) is 0 Å². The van der Waals surface area contributed by atoms with E-state index in [1.807, 2.05) is 0 Å². The normalized spacial score (nSPS) is 26.4. The summed E-state index contributed by atoms with van der Waals surface area (Å²) in [5, 5.41) is 0. The molecule has 0 aromatic heterocycles. The van der Waals surface area contributed by atoms with Gasteiger partial charge >= 0.3 is 0 Å². The predicted octanol–water partition coefficient (Wildman–Crippen LogP) is 5.20. The molecule has 0 N–H and O–H groups in total. The summed E-state index contributed by atoms with van der Waals surface area (Å²) in [5.41, 5.74) is 0.422. The van der Waals surface area contributed by atoms with Gasteiger partial charge in [-0.15, -0.1) is 0 Å². The third kappa shape index (κ3) is 4.00. The van der Waals surface area contributed by atoms with Gasteiger partial charge in [-0.25, -0.2) is 0 Å². The Kier molecular flexibility index (Phi) is 4.94. The first-order valence-corrected chi connectivity index (χ1v) is 6.50. The summed E-state index contributed by atoms with van der Waals surface area (Å²) in [4.78, 5) is 0. The van der Waals surface area contributed by atoms with Crippen molar-refractivity contribution in [3.8, 4) is 0 Å². The van der Waals surface area contributed by atoms with E-state index in [0.29, 0.717) is 5.41 Å². The molecule has 0 bridgehead atoms. The highest BCUT2D eigenvalue weighted by Crippen LogP contribution is 2.35. The van der Waals surface area contributed by atoms with E-state index in [4.69, 9.17) is 0 Å². The Morgan fingerprint density at radius 2 is 2.14 bits per heavy atom. The molecule has 14 heavy (non-hydrogen) atoms. The van der Waals surface area contributed by atoms with E-state index in [1.54, 1.807) is 0 Å². The zero-order valence-corrected chi connectivity index (χ0v) is 10.9. The summed E-state index contributed by atoms with van der Waals surface area (Å²) >= 11 is 3.51. The molecule has 0 radical (unpaired) electrons. The first kappa shape index (κ1) is 12.0. The molecule has 0 heterocycles. The van der Waals surface area contributed by atoms with Gasteiger partial charge in [0.15, 0.2) is 0 Å². The number of hydrogen-bond donors (Lipinski definition) is 0. The van der Waals surface area contributed by atoms with Crippen LogP contribution in [-0.2, 0) is 0 Å². The van der Waals surface area contributed by atoms with E-state index >= 15 is 0 Å². The molecule has 0 saturated heterocycles. The Labute approximate surface area is 96.6 Å². The third-order valence-corrected chi connectivity index (χ3v) is 3.60. The molecule has 0 nitrogen and oxygen atoms in total. The van der Waals surface area contributed by atoms with Gasteiger partial charge in [-0.05, 0) is 18.3 Å². The van der Waals surface area contributed by atoms with Gasteiger partial charge in [0.1, 0.15) is 0 Å². The van der Waals surface area contributed by atoms with Gasteiger partial charge < -0.3 is 0 Å². The lowest BCUT2D eigenvalue weighted by molar-refractivity contribution is 0.372. The smallest absolute Gasteiger partial charge is 0.0132 e. The standard InChI is InChI=1S/C13H21Br/c1-3-4-5-6-9-13(2)10-7-12(14)8-11-13/h7-8,10H,3-6,9,11H2,1-2H3. The molecule has 1 atom stereocenters. The van der Waals surface area contributed by atoms with Crippen LogP contribution in [0.3, 0.4) is 0 Å². The van der Waals surface area contributed by atoms with Crippen LogP contribution in [0, 0.1) is 5.41 Å². The Balaban J connectivity index is 2.27. The maximum absolute atomic E-state index is 3.51. The number of allylic oxidation sites excluding steroid dienone is 4. The minimum absolute atomic E-state index is 0.422. The second-order valence-electron chi connectivity index (χ2n) is 4.59. The zero-order valence-electron chi connectivity index (χ0n) is 9.35. The van der Waals surface area contributed by atoms with Crippen LogP contribution in [0.1, 0.15) is 52.4 Å². The average Bonchev–Trinajstić information content (AvgIpc) is 2.18. The SMILES string of the molecule is CCCCCCC1(C)C=CC(Br)=CC1. The minimum atomic E-state index is 0.422. The van der Waals surface area contributed by atoms with Crippen molar-refractivity contribution in [1.82, 2.24) is 0 Å². The van der Waals surface area contributed by atoms with Crippen molar-refractivity contribution in [1.29, 1.82) is 0 Å². The molecule has 1 aliphatic carbocycles. The molecule has 0 aromatic rings. The molecule has 0 aliphatic heterocycles. The number of halogens is 1. The van der Waals surface area contributed by atoms with Crippen LogP contribution in [-0.4, -0.2) is 0 Å². The van der Waals surface area contributed by atoms with Crippen LogP contribution >= 0.6 is 15.9 Å². The van der Waals surface area contributed by atoms with E-state index in [2.05, 4.69) is 48.0 Å². The first-order valence-electron chi connectivity index (χ1n) is 5.71. The fraction of sp³-hybridized carbons (Fsp3) is 0.692. The molecule has 1 unspecified atom stereocenters. The lowest BCUT2D eigenvalue weighted by Crippen LogP contribution is -2.14. The Hall–Kier alpha value is -0.0400. The number of unbranched alkanes of at least 4 members (excludes halogenated alkanes) is 3. The maximum atomic E-state index is 3.51. The summed E-state index contributed by atoms with van der Waals surface area (Å²) in [6, 6.07) is 0. The Morgan fingerprint density at radius 1 is 1.36 bits per heavy atom. The highest BCUT2D eigenvalue weighted by molar-refractivity contribution is 9.11. The van der Waals surface area contributed by atoms with Crippen LogP contribution < -0.4 is 0 Å². The van der Waals surface area contributed by atoms with Gasteiger partial charge in [0.25, 0.3) is 0 Å². The van der Waals surface area contributed by atoms with Crippen LogP contribution in [0.15, 0.2) is 22.7 Å². The van der Waals surface area contributed by atoms with Crippen molar-refractivity contribution in [3.05, 3.63) is 22.7 Å². The lowest BCUT2D eigenvalue weighted by atomic mass is 9.79. The van der Waals surface area contributed by atoms with Gasteiger partial charge in [-0.3, -0.25) is 0 Å². The van der Waals surface area contributed by atoms with Crippen LogP contribution in [0.4, 0.5) is 0 Å². The van der Waals surface area contributed by atoms with Crippen molar-refractivity contribution in [3.63, 3.8) is 0 Å². The fourth-order valence-electron chi connectivity index (χ4n) is 1.89. The third-order valence-electron chi connectivity index (χ3n) is 3.01. The highest BCUT2D eigenvalue weighted by Gasteiger charge is 2.21. The zero-order chi connectivity index (χ0) is 10.4. The van der Waals surface area contributed by atoms with Crippen molar-refractivity contribution in [2.45, 2.75) is 52.4 Å². The number of hydrogen-bond acceptors (Lipinski definition) is 0. The predicted molar refractivity (Wildman–Crippen MR) is 67.6 cm³/mol. The van der Waals surface area contributed by atoms with Crippen LogP contribution in [0.2, 0.25) is 0 Å². The van der Waals surface area contributed by atoms with Crippen molar-refractivity contribution in [2.24, 2.45) is 5.41 Å². The quantitative estimate of drug-likeness (QED) is 0.593. The largest absolute Gasteiger partial charge is 0.0772 e. The van der Waals surface area contributed by atoms with Gasteiger partial charge in [0.05, 0.1) is 0 Å². The van der Waals surface area contributed by atoms with Gasteiger partial charge in [0.2, 0.25) is 0 Å². The van der Waals surface area contributed by atoms with E-state index < -0.39 is 0 Å². The lowest BCUT2D eigenvalue weighted by Gasteiger charge is -2.27. The van der Waals surface area contributed by atoms with Crippen LogP contribution in [0.5, 0.6) is 0 Å². The molecular formula is C13H21Br.